The number of likely N-dealkylation sites (N-methyl/N-ethyl adjacent to an activating group) is 1. The first-order chi connectivity index (χ1) is 8.81. The van der Waals surface area contributed by atoms with Gasteiger partial charge in [-0.15, -0.1) is 0 Å². The third-order valence-electron chi connectivity index (χ3n) is 3.34. The Bertz CT molecular complexity index is 544. The van der Waals surface area contributed by atoms with E-state index in [1.165, 1.54) is 0 Å². The number of aromatic amines is 1. The van der Waals surface area contributed by atoms with Crippen LogP contribution in [0.4, 0.5) is 5.69 Å². The number of carbonyl (C=O) groups excluding carboxylic acids is 1. The Morgan fingerprint density at radius 2 is 2.39 bits per heavy atom. The van der Waals surface area contributed by atoms with Crippen LogP contribution in [0.5, 0.6) is 0 Å². The number of anilines is 1. The molecule has 5 nitrogen and oxygen atoms in total. The van der Waals surface area contributed by atoms with E-state index in [9.17, 15) is 4.79 Å². The molecule has 0 saturated carbocycles. The normalized spacial score (nSPS) is 19.7. The number of hydrogen-bond donors (Lipinski definition) is 2. The highest BCUT2D eigenvalue weighted by atomic mass is 16.3. The molecule has 1 aliphatic rings. The van der Waals surface area contributed by atoms with Crippen molar-refractivity contribution in [3.05, 3.63) is 42.1 Å². The van der Waals surface area contributed by atoms with E-state index in [0.29, 0.717) is 6.54 Å². The first-order valence-electron chi connectivity index (χ1n) is 5.99. The lowest BCUT2D eigenvalue weighted by Gasteiger charge is -2.22. The number of amides is 1. The molecule has 0 aromatic carbocycles. The van der Waals surface area contributed by atoms with Gasteiger partial charge in [0, 0.05) is 18.9 Å². The van der Waals surface area contributed by atoms with Crippen LogP contribution in [0.1, 0.15) is 17.4 Å². The van der Waals surface area contributed by atoms with Gasteiger partial charge in [0.2, 0.25) is 0 Å². The van der Waals surface area contributed by atoms with Gasteiger partial charge in [-0.1, -0.05) is 0 Å². The molecule has 18 heavy (non-hydrogen) atoms. The number of carbonyl (C=O) groups is 1. The fourth-order valence-electron chi connectivity index (χ4n) is 2.41. The number of hydrogen-bond acceptors (Lipinski definition) is 3. The molecule has 3 heterocycles. The van der Waals surface area contributed by atoms with Crippen LogP contribution in [0, 0.1) is 0 Å². The Morgan fingerprint density at radius 1 is 1.50 bits per heavy atom. The minimum Gasteiger partial charge on any atom is -0.467 e. The van der Waals surface area contributed by atoms with Crippen LogP contribution in [0.3, 0.4) is 0 Å². The van der Waals surface area contributed by atoms with E-state index in [2.05, 4.69) is 10.3 Å². The van der Waals surface area contributed by atoms with Crippen LogP contribution < -0.4 is 10.2 Å². The van der Waals surface area contributed by atoms with Crippen molar-refractivity contribution < 1.29 is 9.21 Å². The largest absolute Gasteiger partial charge is 0.467 e. The number of fused-ring (bicyclic) bond motifs is 1. The summed E-state index contributed by atoms with van der Waals surface area (Å²) in [7, 11) is 1.77. The number of nitrogens with zero attached hydrogens (tertiary/aromatic N) is 1. The van der Waals surface area contributed by atoms with Crippen molar-refractivity contribution in [3.63, 3.8) is 0 Å². The molecule has 1 atom stereocenters. The van der Waals surface area contributed by atoms with Crippen molar-refractivity contribution in [2.24, 2.45) is 0 Å². The van der Waals surface area contributed by atoms with Gasteiger partial charge in [-0.05, 0) is 31.2 Å². The second-order valence-electron chi connectivity index (χ2n) is 4.34. The minimum absolute atomic E-state index is 0.0193. The van der Waals surface area contributed by atoms with Crippen LogP contribution in [-0.2, 0) is 11.2 Å². The van der Waals surface area contributed by atoms with Gasteiger partial charge in [-0.25, -0.2) is 0 Å². The molecule has 0 aliphatic carbocycles. The summed E-state index contributed by atoms with van der Waals surface area (Å²) >= 11 is 0. The fraction of sp³-hybridized carbons (Fsp3) is 0.308. The van der Waals surface area contributed by atoms with Gasteiger partial charge in [0.1, 0.15) is 11.8 Å². The van der Waals surface area contributed by atoms with Gasteiger partial charge in [0.25, 0.3) is 5.91 Å². The highest BCUT2D eigenvalue weighted by molar-refractivity contribution is 5.98. The summed E-state index contributed by atoms with van der Waals surface area (Å²) < 4.78 is 5.46. The molecule has 5 heteroatoms. The van der Waals surface area contributed by atoms with Crippen LogP contribution in [0.25, 0.3) is 0 Å². The van der Waals surface area contributed by atoms with Crippen LogP contribution in [-0.4, -0.2) is 24.5 Å². The maximum atomic E-state index is 12.5. The monoisotopic (exact) mass is 245 g/mol. The zero-order valence-corrected chi connectivity index (χ0v) is 10.1. The third-order valence-corrected chi connectivity index (χ3v) is 3.34. The van der Waals surface area contributed by atoms with Gasteiger partial charge in [-0.2, -0.15) is 0 Å². The molecule has 2 N–H and O–H groups in total. The third kappa shape index (κ3) is 1.64. The Morgan fingerprint density at radius 3 is 3.11 bits per heavy atom. The Kier molecular flexibility index (Phi) is 2.68. The number of furan rings is 1. The number of aromatic nitrogens is 1. The van der Waals surface area contributed by atoms with Crippen molar-refractivity contribution in [2.75, 3.05) is 18.5 Å². The van der Waals surface area contributed by atoms with Gasteiger partial charge in [-0.3, -0.25) is 4.79 Å². The van der Waals surface area contributed by atoms with Crippen molar-refractivity contribution in [2.45, 2.75) is 12.5 Å². The molecule has 2 aromatic heterocycles. The summed E-state index contributed by atoms with van der Waals surface area (Å²) in [5.41, 5.74) is 1.99. The smallest absolute Gasteiger partial charge is 0.252 e. The van der Waals surface area contributed by atoms with Crippen molar-refractivity contribution in [1.82, 2.24) is 10.3 Å². The Balaban J connectivity index is 1.99. The molecular weight excluding hydrogens is 230 g/mol. The van der Waals surface area contributed by atoms with Crippen LogP contribution in [0.15, 0.2) is 35.2 Å². The number of nitrogens with one attached hydrogen (secondary N) is 2. The van der Waals surface area contributed by atoms with Gasteiger partial charge in [0.15, 0.2) is 0 Å². The summed E-state index contributed by atoms with van der Waals surface area (Å²) in [6, 6.07) is 3.43. The zero-order valence-electron chi connectivity index (χ0n) is 10.1. The fourth-order valence-corrected chi connectivity index (χ4v) is 2.41. The summed E-state index contributed by atoms with van der Waals surface area (Å²) in [5, 5.41) is 3.03. The van der Waals surface area contributed by atoms with E-state index in [-0.39, 0.29) is 5.91 Å². The summed E-state index contributed by atoms with van der Waals surface area (Å²) in [6.07, 6.45) is 6.10. The Labute approximate surface area is 105 Å². The molecule has 2 aromatic rings. The van der Waals surface area contributed by atoms with E-state index in [0.717, 1.165) is 23.4 Å². The molecule has 0 spiro atoms. The van der Waals surface area contributed by atoms with Gasteiger partial charge in [0.05, 0.1) is 12.0 Å². The maximum Gasteiger partial charge on any atom is 0.252 e. The van der Waals surface area contributed by atoms with E-state index in [1.807, 2.05) is 24.5 Å². The predicted molar refractivity (Wildman–Crippen MR) is 67.4 cm³/mol. The standard InChI is InChI=1S/C13H15N3O2/c1-14-11-12-9(4-7-18-12)3-6-16(13(11)17)10-2-5-15-8-10/h2,4-5,7-8,11,14-15H,3,6H2,1H3. The molecular formula is C13H15N3O2. The van der Waals surface area contributed by atoms with E-state index >= 15 is 0 Å². The van der Waals surface area contributed by atoms with Crippen molar-refractivity contribution in [3.8, 4) is 0 Å². The predicted octanol–water partition coefficient (Wildman–Crippen LogP) is 1.46. The molecule has 0 radical (unpaired) electrons. The first kappa shape index (κ1) is 11.1. The van der Waals surface area contributed by atoms with Gasteiger partial charge < -0.3 is 19.6 Å². The molecule has 94 valence electrons. The van der Waals surface area contributed by atoms with E-state index in [1.54, 1.807) is 18.2 Å². The van der Waals surface area contributed by atoms with Crippen LogP contribution >= 0.6 is 0 Å². The molecule has 0 saturated heterocycles. The SMILES string of the molecule is CNC1C(=O)N(c2cc[nH]c2)CCc2ccoc21. The van der Waals surface area contributed by atoms with E-state index in [4.69, 9.17) is 4.42 Å². The van der Waals surface area contributed by atoms with Crippen molar-refractivity contribution >= 4 is 11.6 Å². The number of rotatable bonds is 2. The zero-order chi connectivity index (χ0) is 12.5. The summed E-state index contributed by atoms with van der Waals surface area (Å²) in [4.78, 5) is 17.3. The van der Waals surface area contributed by atoms with Gasteiger partial charge >= 0.3 is 0 Å². The molecule has 1 amide bonds. The average Bonchev–Trinajstić information content (AvgIpc) is 3.01. The average molecular weight is 245 g/mol. The molecule has 0 fully saturated rings. The lowest BCUT2D eigenvalue weighted by Crippen LogP contribution is -2.38. The molecule has 0 bridgehead atoms. The summed E-state index contributed by atoms with van der Waals surface area (Å²) in [6.45, 7) is 0.668. The topological polar surface area (TPSA) is 61.3 Å². The van der Waals surface area contributed by atoms with Crippen LogP contribution in [0.2, 0.25) is 0 Å². The quantitative estimate of drug-likeness (QED) is 0.842. The van der Waals surface area contributed by atoms with Crippen molar-refractivity contribution in [1.29, 1.82) is 0 Å². The molecule has 1 aliphatic heterocycles. The van der Waals surface area contributed by atoms with E-state index < -0.39 is 6.04 Å². The summed E-state index contributed by atoms with van der Waals surface area (Å²) in [5.74, 6) is 0.756. The maximum absolute atomic E-state index is 12.5. The second-order valence-corrected chi connectivity index (χ2v) is 4.34. The molecule has 1 unspecified atom stereocenters. The lowest BCUT2D eigenvalue weighted by atomic mass is 10.1. The molecule has 3 rings (SSSR count). The first-order valence-corrected chi connectivity index (χ1v) is 5.99. The highest BCUT2D eigenvalue weighted by Crippen LogP contribution is 2.28. The second kappa shape index (κ2) is 4.34. The lowest BCUT2D eigenvalue weighted by molar-refractivity contribution is -0.120. The highest BCUT2D eigenvalue weighted by Gasteiger charge is 2.32. The number of H-pyrrole nitrogens is 1. The Hall–Kier alpha value is -2.01. The minimum atomic E-state index is -0.410.